The van der Waals surface area contributed by atoms with Gasteiger partial charge in [0.25, 0.3) is 0 Å². The zero-order chi connectivity index (χ0) is 22.7. The summed E-state index contributed by atoms with van der Waals surface area (Å²) in [6.07, 6.45) is 1.94. The van der Waals surface area contributed by atoms with Gasteiger partial charge in [0.05, 0.1) is 17.7 Å². The molecule has 1 atom stereocenters. The van der Waals surface area contributed by atoms with E-state index in [0.29, 0.717) is 11.4 Å². The molecule has 1 amide bonds. The maximum atomic E-state index is 13.1. The molecule has 0 aliphatic heterocycles. The van der Waals surface area contributed by atoms with Gasteiger partial charge in [-0.05, 0) is 41.3 Å². The summed E-state index contributed by atoms with van der Waals surface area (Å²) < 4.78 is 34.2. The number of H-pyrrole nitrogens is 1. The van der Waals surface area contributed by atoms with Crippen LogP contribution in [0.1, 0.15) is 23.3 Å². The predicted octanol–water partition coefficient (Wildman–Crippen LogP) is 4.31. The van der Waals surface area contributed by atoms with Gasteiger partial charge in [0, 0.05) is 41.4 Å². The number of ether oxygens (including phenoxy) is 1. The Morgan fingerprint density at radius 1 is 1.16 bits per heavy atom. The standard InChI is InChI=1S/C23H23N3O4S2/c1-15(27)26-21-12-16(9-10-22(21)30-2)32(28,29)25-14-19(23-8-5-11-31-23)18-13-24-20-7-4-3-6-17(18)20/h3-13,19,24-25H,14H2,1-2H3,(H,26,27). The SMILES string of the molecule is COc1ccc(S(=O)(=O)NCC(c2cccs2)c2c[nH]c3ccccc23)cc1NC(C)=O. The Kier molecular flexibility index (Phi) is 6.31. The number of benzene rings is 2. The Bertz CT molecular complexity index is 1340. The maximum absolute atomic E-state index is 13.1. The number of nitrogens with one attached hydrogen (secondary N) is 3. The van der Waals surface area contributed by atoms with Crippen LogP contribution in [0.3, 0.4) is 0 Å². The van der Waals surface area contributed by atoms with Crippen molar-refractivity contribution in [2.45, 2.75) is 17.7 Å². The highest BCUT2D eigenvalue weighted by atomic mass is 32.2. The van der Waals surface area contributed by atoms with Gasteiger partial charge in [-0.15, -0.1) is 11.3 Å². The zero-order valence-corrected chi connectivity index (χ0v) is 19.2. The van der Waals surface area contributed by atoms with Crippen molar-refractivity contribution >= 4 is 43.9 Å². The number of aromatic amines is 1. The van der Waals surface area contributed by atoms with E-state index in [1.807, 2.05) is 48.0 Å². The Balaban J connectivity index is 1.64. The van der Waals surface area contributed by atoms with Crippen LogP contribution in [0.25, 0.3) is 10.9 Å². The molecule has 1 unspecified atom stereocenters. The molecule has 0 fully saturated rings. The lowest BCUT2D eigenvalue weighted by molar-refractivity contribution is -0.114. The van der Waals surface area contributed by atoms with E-state index >= 15 is 0 Å². The molecule has 0 saturated carbocycles. The number of methoxy groups -OCH3 is 1. The topological polar surface area (TPSA) is 100 Å². The summed E-state index contributed by atoms with van der Waals surface area (Å²) in [5, 5.41) is 5.65. The molecule has 0 aliphatic carbocycles. The van der Waals surface area contributed by atoms with Gasteiger partial charge < -0.3 is 15.0 Å². The number of anilines is 1. The van der Waals surface area contributed by atoms with Crippen LogP contribution in [0.5, 0.6) is 5.75 Å². The lowest BCUT2D eigenvalue weighted by Crippen LogP contribution is -2.29. The zero-order valence-electron chi connectivity index (χ0n) is 17.6. The number of carbonyl (C=O) groups is 1. The summed E-state index contributed by atoms with van der Waals surface area (Å²) in [6.45, 7) is 1.54. The van der Waals surface area contributed by atoms with Crippen LogP contribution < -0.4 is 14.8 Å². The van der Waals surface area contributed by atoms with Crippen LogP contribution in [0.2, 0.25) is 0 Å². The molecule has 3 N–H and O–H groups in total. The normalized spacial score (nSPS) is 12.6. The highest BCUT2D eigenvalue weighted by molar-refractivity contribution is 7.89. The van der Waals surface area contributed by atoms with Gasteiger partial charge in [0.2, 0.25) is 15.9 Å². The molecule has 2 aromatic heterocycles. The largest absolute Gasteiger partial charge is 0.495 e. The highest BCUT2D eigenvalue weighted by Crippen LogP contribution is 2.33. The van der Waals surface area contributed by atoms with Gasteiger partial charge in [0.15, 0.2) is 0 Å². The average Bonchev–Trinajstić information content (AvgIpc) is 3.44. The summed E-state index contributed by atoms with van der Waals surface area (Å²) in [5.74, 6) is -0.0914. The first kappa shape index (κ1) is 22.1. The van der Waals surface area contributed by atoms with E-state index in [-0.39, 0.29) is 23.3 Å². The molecule has 4 rings (SSSR count). The van der Waals surface area contributed by atoms with Crippen molar-refractivity contribution in [3.8, 4) is 5.75 Å². The number of para-hydroxylation sites is 1. The first-order valence-corrected chi connectivity index (χ1v) is 12.3. The second-order valence-corrected chi connectivity index (χ2v) is 10.00. The quantitative estimate of drug-likeness (QED) is 0.358. The fourth-order valence-corrected chi connectivity index (χ4v) is 5.57. The van der Waals surface area contributed by atoms with Crippen molar-refractivity contribution in [3.63, 3.8) is 0 Å². The number of hydrogen-bond donors (Lipinski definition) is 3. The molecule has 7 nitrogen and oxygen atoms in total. The van der Waals surface area contributed by atoms with Crippen LogP contribution in [-0.2, 0) is 14.8 Å². The average molecular weight is 470 g/mol. The molecule has 4 aromatic rings. The Morgan fingerprint density at radius 3 is 2.69 bits per heavy atom. The number of rotatable bonds is 8. The second kappa shape index (κ2) is 9.15. The molecular formula is C23H23N3O4S2. The van der Waals surface area contributed by atoms with Crippen LogP contribution in [-0.4, -0.2) is 33.0 Å². The number of fused-ring (bicyclic) bond motifs is 1. The van der Waals surface area contributed by atoms with E-state index < -0.39 is 10.0 Å². The van der Waals surface area contributed by atoms with Gasteiger partial charge in [-0.25, -0.2) is 13.1 Å². The van der Waals surface area contributed by atoms with Gasteiger partial charge in [-0.1, -0.05) is 24.3 Å². The minimum absolute atomic E-state index is 0.0471. The van der Waals surface area contributed by atoms with Crippen molar-refractivity contribution in [1.29, 1.82) is 0 Å². The lowest BCUT2D eigenvalue weighted by Gasteiger charge is -2.17. The third-order valence-corrected chi connectivity index (χ3v) is 7.56. The van der Waals surface area contributed by atoms with Crippen molar-refractivity contribution in [3.05, 3.63) is 76.6 Å². The van der Waals surface area contributed by atoms with Gasteiger partial charge in [-0.2, -0.15) is 0 Å². The molecule has 0 bridgehead atoms. The van der Waals surface area contributed by atoms with E-state index in [0.717, 1.165) is 21.3 Å². The lowest BCUT2D eigenvalue weighted by atomic mass is 9.97. The van der Waals surface area contributed by atoms with Crippen molar-refractivity contribution < 1.29 is 17.9 Å². The van der Waals surface area contributed by atoms with Crippen LogP contribution in [0, 0.1) is 0 Å². The molecule has 2 aromatic carbocycles. The van der Waals surface area contributed by atoms with E-state index in [1.54, 1.807) is 11.3 Å². The number of hydrogen-bond acceptors (Lipinski definition) is 5. The Morgan fingerprint density at radius 2 is 1.97 bits per heavy atom. The van der Waals surface area contributed by atoms with E-state index in [9.17, 15) is 13.2 Å². The fourth-order valence-electron chi connectivity index (χ4n) is 3.65. The third-order valence-electron chi connectivity index (χ3n) is 5.15. The number of sulfonamides is 1. The molecule has 0 spiro atoms. The molecule has 166 valence electrons. The van der Waals surface area contributed by atoms with Crippen LogP contribution in [0.4, 0.5) is 5.69 Å². The number of aromatic nitrogens is 1. The molecule has 0 radical (unpaired) electrons. The summed E-state index contributed by atoms with van der Waals surface area (Å²) in [6, 6.07) is 16.3. The van der Waals surface area contributed by atoms with Crippen molar-refractivity contribution in [2.24, 2.45) is 0 Å². The third kappa shape index (κ3) is 4.55. The van der Waals surface area contributed by atoms with E-state index in [4.69, 9.17) is 4.74 Å². The summed E-state index contributed by atoms with van der Waals surface area (Å²) in [4.78, 5) is 15.9. The number of amides is 1. The molecule has 0 saturated heterocycles. The molecular weight excluding hydrogens is 446 g/mol. The van der Waals surface area contributed by atoms with Crippen molar-refractivity contribution in [1.82, 2.24) is 9.71 Å². The minimum atomic E-state index is -3.84. The van der Waals surface area contributed by atoms with Crippen LogP contribution >= 0.6 is 11.3 Å². The summed E-state index contributed by atoms with van der Waals surface area (Å²) >= 11 is 1.59. The highest BCUT2D eigenvalue weighted by Gasteiger charge is 2.23. The minimum Gasteiger partial charge on any atom is -0.495 e. The molecule has 9 heteroatoms. The fraction of sp³-hybridized carbons (Fsp3) is 0.174. The number of thiophene rings is 1. The smallest absolute Gasteiger partial charge is 0.240 e. The first-order valence-electron chi connectivity index (χ1n) is 9.94. The predicted molar refractivity (Wildman–Crippen MR) is 127 cm³/mol. The van der Waals surface area contributed by atoms with Crippen LogP contribution in [0.15, 0.2) is 71.1 Å². The molecule has 2 heterocycles. The molecule has 32 heavy (non-hydrogen) atoms. The first-order chi connectivity index (χ1) is 15.4. The maximum Gasteiger partial charge on any atom is 0.240 e. The Hall–Kier alpha value is -3.14. The second-order valence-electron chi connectivity index (χ2n) is 7.25. The van der Waals surface area contributed by atoms with E-state index in [2.05, 4.69) is 15.0 Å². The van der Waals surface area contributed by atoms with E-state index in [1.165, 1.54) is 32.2 Å². The summed E-state index contributed by atoms with van der Waals surface area (Å²) in [5.41, 5.74) is 2.33. The Labute approximate surface area is 190 Å². The monoisotopic (exact) mass is 469 g/mol. The van der Waals surface area contributed by atoms with Gasteiger partial charge in [0.1, 0.15) is 5.75 Å². The number of carbonyl (C=O) groups excluding carboxylic acids is 1. The van der Waals surface area contributed by atoms with Gasteiger partial charge in [-0.3, -0.25) is 4.79 Å². The van der Waals surface area contributed by atoms with Crippen molar-refractivity contribution in [2.75, 3.05) is 19.0 Å². The summed E-state index contributed by atoms with van der Waals surface area (Å²) in [7, 11) is -2.38. The molecule has 0 aliphatic rings. The van der Waals surface area contributed by atoms with Gasteiger partial charge >= 0.3 is 0 Å².